The van der Waals surface area contributed by atoms with Crippen molar-refractivity contribution in [2.24, 2.45) is 0 Å². The molecule has 2 amide bonds. The number of rotatable bonds is 8. The Kier molecular flexibility index (Phi) is 6.92. The molecular formula is C22H17Cl2N5O5S. The van der Waals surface area contributed by atoms with Crippen molar-refractivity contribution in [3.63, 3.8) is 0 Å². The number of hydrogen-bond acceptors (Lipinski definition) is 8. The van der Waals surface area contributed by atoms with Crippen molar-refractivity contribution in [1.29, 1.82) is 0 Å². The molecule has 1 aliphatic heterocycles. The number of nitrogens with one attached hydrogen (secondary N) is 2. The molecule has 13 heteroatoms. The van der Waals surface area contributed by atoms with Gasteiger partial charge < -0.3 is 10.1 Å². The van der Waals surface area contributed by atoms with E-state index in [-0.39, 0.29) is 26.6 Å². The van der Waals surface area contributed by atoms with Crippen LogP contribution in [0.1, 0.15) is 6.92 Å². The number of hydrogen-bond donors (Lipinski definition) is 2. The summed E-state index contributed by atoms with van der Waals surface area (Å²) < 4.78 is 32.8. The Morgan fingerprint density at radius 1 is 0.914 bits per heavy atom. The predicted molar refractivity (Wildman–Crippen MR) is 131 cm³/mol. The van der Waals surface area contributed by atoms with E-state index in [4.69, 9.17) is 27.9 Å². The van der Waals surface area contributed by atoms with Crippen molar-refractivity contribution >= 4 is 62.2 Å². The van der Waals surface area contributed by atoms with Gasteiger partial charge in [-0.3, -0.25) is 14.3 Å². The van der Waals surface area contributed by atoms with Gasteiger partial charge in [0.1, 0.15) is 16.5 Å². The van der Waals surface area contributed by atoms with Gasteiger partial charge in [-0.05, 0) is 67.6 Å². The number of aromatic nitrogens is 2. The summed E-state index contributed by atoms with van der Waals surface area (Å²) in [6.07, 6.45) is 0. The summed E-state index contributed by atoms with van der Waals surface area (Å²) in [7, 11) is -3.95. The number of ether oxygens (including phenoxy) is 1. The fraction of sp³-hybridized carbons (Fsp3) is 0.0909. The van der Waals surface area contributed by atoms with Gasteiger partial charge in [0.15, 0.2) is 11.0 Å². The molecule has 0 saturated carbocycles. The van der Waals surface area contributed by atoms with Gasteiger partial charge in [0.25, 0.3) is 21.8 Å². The number of nitrogens with zero attached hydrogens (tertiary/aromatic N) is 3. The van der Waals surface area contributed by atoms with Crippen LogP contribution in [0.15, 0.2) is 76.3 Å². The fourth-order valence-electron chi connectivity index (χ4n) is 3.13. The number of carbonyl (C=O) groups is 2. The van der Waals surface area contributed by atoms with Crippen molar-refractivity contribution in [3.05, 3.63) is 76.5 Å². The summed E-state index contributed by atoms with van der Waals surface area (Å²) in [6.45, 7) is 2.32. The molecule has 0 spiro atoms. The molecule has 35 heavy (non-hydrogen) atoms. The van der Waals surface area contributed by atoms with Crippen molar-refractivity contribution in [2.45, 2.75) is 11.8 Å². The van der Waals surface area contributed by atoms with Crippen LogP contribution in [-0.4, -0.2) is 37.0 Å². The average Bonchev–Trinajstić information content (AvgIpc) is 3.05. The van der Waals surface area contributed by atoms with Gasteiger partial charge in [0.05, 0.1) is 17.2 Å². The van der Waals surface area contributed by atoms with Crippen LogP contribution in [0.4, 0.5) is 17.2 Å². The Bertz CT molecular complexity index is 1410. The average molecular weight is 534 g/mol. The van der Waals surface area contributed by atoms with Crippen molar-refractivity contribution < 1.29 is 22.7 Å². The summed E-state index contributed by atoms with van der Waals surface area (Å²) in [6, 6.07) is 14.7. The normalized spacial score (nSPS) is 13.9. The number of sulfonamides is 1. The Morgan fingerprint density at radius 2 is 1.60 bits per heavy atom. The Labute approximate surface area is 210 Å². The summed E-state index contributed by atoms with van der Waals surface area (Å²) in [5.41, 5.74) is 0.546. The lowest BCUT2D eigenvalue weighted by atomic mass is 10.2. The van der Waals surface area contributed by atoms with Crippen LogP contribution in [0.3, 0.4) is 0 Å². The van der Waals surface area contributed by atoms with Gasteiger partial charge in [-0.2, -0.15) is 0 Å². The quantitative estimate of drug-likeness (QED) is 0.418. The van der Waals surface area contributed by atoms with E-state index < -0.39 is 21.8 Å². The number of anilines is 3. The molecule has 4 rings (SSSR count). The van der Waals surface area contributed by atoms with Crippen LogP contribution in [0.2, 0.25) is 5.15 Å². The van der Waals surface area contributed by atoms with Crippen LogP contribution in [0.25, 0.3) is 0 Å². The summed E-state index contributed by atoms with van der Waals surface area (Å²) in [5, 5.41) is 9.87. The zero-order chi connectivity index (χ0) is 25.2. The van der Waals surface area contributed by atoms with Gasteiger partial charge in [0.2, 0.25) is 0 Å². The molecule has 1 aliphatic rings. The first-order valence-electron chi connectivity index (χ1n) is 10.1. The SMILES string of the molecule is CCOc1ccc(N2C(=O)C(Cl)=C(Nc3ccc(S(=O)(=O)Nc4ccc(Cl)nn4)cc3)C2=O)cc1. The van der Waals surface area contributed by atoms with E-state index in [1.807, 2.05) is 6.92 Å². The Balaban J connectivity index is 1.49. The van der Waals surface area contributed by atoms with E-state index in [1.54, 1.807) is 24.3 Å². The molecule has 0 bridgehead atoms. The van der Waals surface area contributed by atoms with E-state index in [1.165, 1.54) is 36.4 Å². The molecule has 180 valence electrons. The molecule has 0 aliphatic carbocycles. The predicted octanol–water partition coefficient (Wildman–Crippen LogP) is 3.77. The molecule has 1 aromatic heterocycles. The van der Waals surface area contributed by atoms with E-state index >= 15 is 0 Å². The zero-order valence-electron chi connectivity index (χ0n) is 18.0. The minimum atomic E-state index is -3.95. The lowest BCUT2D eigenvalue weighted by Crippen LogP contribution is -2.32. The molecule has 0 unspecified atom stereocenters. The Hall–Kier alpha value is -3.67. The van der Waals surface area contributed by atoms with E-state index in [9.17, 15) is 18.0 Å². The molecule has 10 nitrogen and oxygen atoms in total. The Morgan fingerprint density at radius 3 is 2.20 bits per heavy atom. The highest BCUT2D eigenvalue weighted by Crippen LogP contribution is 2.31. The van der Waals surface area contributed by atoms with Gasteiger partial charge in [-0.1, -0.05) is 23.2 Å². The van der Waals surface area contributed by atoms with Crippen LogP contribution < -0.4 is 19.7 Å². The first-order chi connectivity index (χ1) is 16.7. The summed E-state index contributed by atoms with van der Waals surface area (Å²) in [4.78, 5) is 26.5. The second-order valence-electron chi connectivity index (χ2n) is 7.06. The van der Waals surface area contributed by atoms with Crippen LogP contribution in [0, 0.1) is 0 Å². The number of benzene rings is 2. The molecule has 0 fully saturated rings. The van der Waals surface area contributed by atoms with Crippen molar-refractivity contribution in [3.8, 4) is 5.75 Å². The van der Waals surface area contributed by atoms with Crippen LogP contribution in [-0.2, 0) is 19.6 Å². The second-order valence-corrected chi connectivity index (χ2v) is 9.51. The highest BCUT2D eigenvalue weighted by atomic mass is 35.5. The van der Waals surface area contributed by atoms with Gasteiger partial charge in [-0.25, -0.2) is 13.3 Å². The molecule has 3 aromatic rings. The number of imide groups is 1. The fourth-order valence-corrected chi connectivity index (χ4v) is 4.44. The lowest BCUT2D eigenvalue weighted by molar-refractivity contribution is -0.120. The molecule has 0 atom stereocenters. The second kappa shape index (κ2) is 9.90. The van der Waals surface area contributed by atoms with Gasteiger partial charge >= 0.3 is 0 Å². The van der Waals surface area contributed by atoms with Gasteiger partial charge in [0, 0.05) is 5.69 Å². The van der Waals surface area contributed by atoms with Crippen molar-refractivity contribution in [2.75, 3.05) is 21.5 Å². The summed E-state index contributed by atoms with van der Waals surface area (Å²) in [5.74, 6) is -0.738. The minimum Gasteiger partial charge on any atom is -0.494 e. The number of halogens is 2. The molecular weight excluding hydrogens is 517 g/mol. The third-order valence-corrected chi connectivity index (χ3v) is 6.66. The molecule has 2 aromatic carbocycles. The van der Waals surface area contributed by atoms with Crippen LogP contribution >= 0.6 is 23.2 Å². The van der Waals surface area contributed by atoms with Crippen molar-refractivity contribution in [1.82, 2.24) is 10.2 Å². The molecule has 0 saturated heterocycles. The van der Waals surface area contributed by atoms with Crippen LogP contribution in [0.5, 0.6) is 5.75 Å². The molecule has 2 N–H and O–H groups in total. The third-order valence-electron chi connectivity index (χ3n) is 4.74. The van der Waals surface area contributed by atoms with Gasteiger partial charge in [-0.15, -0.1) is 10.2 Å². The standard InChI is InChI=1S/C22H17Cl2N5O5S/c1-2-34-15-7-5-14(6-8-15)29-21(30)19(24)20(22(29)31)25-13-3-9-16(10-4-13)35(32,33)28-18-12-11-17(23)26-27-18/h3-12,25H,2H2,1H3,(H,27,28). The first-order valence-corrected chi connectivity index (χ1v) is 12.3. The lowest BCUT2D eigenvalue weighted by Gasteiger charge is -2.15. The van der Waals surface area contributed by atoms with E-state index in [0.717, 1.165) is 4.90 Å². The highest BCUT2D eigenvalue weighted by Gasteiger charge is 2.39. The van der Waals surface area contributed by atoms with E-state index in [2.05, 4.69) is 20.2 Å². The monoisotopic (exact) mass is 533 g/mol. The topological polar surface area (TPSA) is 131 Å². The zero-order valence-corrected chi connectivity index (χ0v) is 20.4. The number of amides is 2. The largest absolute Gasteiger partial charge is 0.494 e. The maximum absolute atomic E-state index is 12.9. The smallest absolute Gasteiger partial charge is 0.283 e. The first kappa shape index (κ1) is 24.5. The molecule has 2 heterocycles. The minimum absolute atomic E-state index is 0.00187. The summed E-state index contributed by atoms with van der Waals surface area (Å²) >= 11 is 11.8. The maximum atomic E-state index is 12.9. The molecule has 0 radical (unpaired) electrons. The van der Waals surface area contributed by atoms with E-state index in [0.29, 0.717) is 23.7 Å². The highest BCUT2D eigenvalue weighted by molar-refractivity contribution is 7.92. The third kappa shape index (κ3) is 5.21. The maximum Gasteiger partial charge on any atom is 0.283 e. The number of carbonyl (C=O) groups excluding carboxylic acids is 2.